The molecule has 0 aliphatic heterocycles. The fraction of sp³-hybridized carbons (Fsp3) is 0. The lowest BCUT2D eigenvalue weighted by Gasteiger charge is -2.30. The molecule has 0 amide bonds. The third-order valence-corrected chi connectivity index (χ3v) is 13.1. The highest BCUT2D eigenvalue weighted by atomic mass is 15.1. The van der Waals surface area contributed by atoms with Gasteiger partial charge in [-0.25, -0.2) is 0 Å². The Bertz CT molecular complexity index is 3870. The van der Waals surface area contributed by atoms with Crippen LogP contribution in [0.25, 0.3) is 98.4 Å². The Morgan fingerprint density at radius 2 is 0.746 bits per heavy atom. The van der Waals surface area contributed by atoms with Gasteiger partial charge < -0.3 is 14.0 Å². The number of para-hydroxylation sites is 4. The molecule has 0 N–H and O–H groups in total. The minimum atomic E-state index is 1.12. The summed E-state index contributed by atoms with van der Waals surface area (Å²) in [6.45, 7) is 0. The van der Waals surface area contributed by atoms with Crippen LogP contribution in [0.2, 0.25) is 0 Å². The van der Waals surface area contributed by atoms with E-state index in [1.165, 1.54) is 87.1 Å². The van der Waals surface area contributed by atoms with Gasteiger partial charge in [0.15, 0.2) is 0 Å². The normalized spacial score (nSPS) is 11.8. The summed E-state index contributed by atoms with van der Waals surface area (Å²) in [5.74, 6) is 0. The zero-order chi connectivity index (χ0) is 41.4. The quantitative estimate of drug-likeness (QED) is 0.163. The van der Waals surface area contributed by atoms with Crippen LogP contribution >= 0.6 is 0 Å². The van der Waals surface area contributed by atoms with E-state index in [0.717, 1.165) is 28.4 Å². The van der Waals surface area contributed by atoms with Crippen LogP contribution < -0.4 is 4.90 Å². The number of hydrogen-bond donors (Lipinski definition) is 0. The van der Waals surface area contributed by atoms with Crippen molar-refractivity contribution in [1.82, 2.24) is 9.13 Å². The predicted octanol–water partition coefficient (Wildman–Crippen LogP) is 16.5. The molecule has 0 radical (unpaired) electrons. The minimum Gasteiger partial charge on any atom is -0.309 e. The van der Waals surface area contributed by atoms with Gasteiger partial charge in [-0.05, 0) is 82.6 Å². The molecule has 3 heteroatoms. The standard InChI is InChI=1S/C60H39N3/c1-2-19-42(20-3-1)61-54-29-13-10-28-51(54)52-34-33-41(39-60(52)61)43-35-36-57(46-23-7-6-22-45(43)46)62(53-32-16-18-40-17-4-5-21-44(40)53)58-37-38-59(50-25-9-8-24-49(50)58)63-55-30-14-11-26-47(55)48-27-12-15-31-56(48)63/h1-39H. The first-order valence-corrected chi connectivity index (χ1v) is 21.7. The molecule has 294 valence electrons. The summed E-state index contributed by atoms with van der Waals surface area (Å²) in [7, 11) is 0. The molecule has 0 saturated heterocycles. The van der Waals surface area contributed by atoms with Gasteiger partial charge in [-0.1, -0.05) is 176 Å². The largest absolute Gasteiger partial charge is 0.309 e. The SMILES string of the molecule is c1ccc(-n2c3ccccc3c3ccc(-c4ccc(N(c5cccc6ccccc56)c5ccc(-n6c7ccccc7c7ccccc76)c6ccccc56)c5ccccc45)cc32)cc1. The summed E-state index contributed by atoms with van der Waals surface area (Å²) in [6, 6.07) is 86.6. The summed E-state index contributed by atoms with van der Waals surface area (Å²) < 4.78 is 4.85. The summed E-state index contributed by atoms with van der Waals surface area (Å²) in [5.41, 5.74) is 12.9. The van der Waals surface area contributed by atoms with Crippen molar-refractivity contribution in [3.63, 3.8) is 0 Å². The molecule has 11 aromatic carbocycles. The molecule has 13 aromatic rings. The maximum absolute atomic E-state index is 2.50. The molecule has 2 aromatic heterocycles. The number of benzene rings is 11. The lowest BCUT2D eigenvalue weighted by Crippen LogP contribution is -2.12. The molecule has 2 heterocycles. The highest BCUT2D eigenvalue weighted by molar-refractivity contribution is 6.16. The van der Waals surface area contributed by atoms with E-state index < -0.39 is 0 Å². The van der Waals surface area contributed by atoms with Crippen molar-refractivity contribution in [3.05, 3.63) is 237 Å². The first-order valence-electron chi connectivity index (χ1n) is 21.7. The summed E-state index contributed by atoms with van der Waals surface area (Å²) in [5, 5.41) is 12.2. The molecule has 3 nitrogen and oxygen atoms in total. The molecule has 0 atom stereocenters. The number of rotatable bonds is 6. The fourth-order valence-electron chi connectivity index (χ4n) is 10.4. The number of hydrogen-bond acceptors (Lipinski definition) is 1. The van der Waals surface area contributed by atoms with Crippen LogP contribution in [0.1, 0.15) is 0 Å². The summed E-state index contributed by atoms with van der Waals surface area (Å²) in [6.07, 6.45) is 0. The van der Waals surface area contributed by atoms with E-state index in [9.17, 15) is 0 Å². The number of aromatic nitrogens is 2. The van der Waals surface area contributed by atoms with Crippen molar-refractivity contribution >= 4 is 93.0 Å². The highest BCUT2D eigenvalue weighted by Crippen LogP contribution is 2.48. The van der Waals surface area contributed by atoms with Crippen LogP contribution in [-0.4, -0.2) is 9.13 Å². The van der Waals surface area contributed by atoms with E-state index in [0.29, 0.717) is 0 Å². The fourth-order valence-corrected chi connectivity index (χ4v) is 10.4. The average Bonchev–Trinajstić information content (AvgIpc) is 3.87. The van der Waals surface area contributed by atoms with Gasteiger partial charge in [0.05, 0.1) is 44.8 Å². The molecule has 0 saturated carbocycles. The van der Waals surface area contributed by atoms with E-state index in [2.05, 4.69) is 251 Å². The Kier molecular flexibility index (Phi) is 7.91. The first kappa shape index (κ1) is 35.4. The van der Waals surface area contributed by atoms with Crippen LogP contribution in [0.4, 0.5) is 17.1 Å². The van der Waals surface area contributed by atoms with Crippen molar-refractivity contribution < 1.29 is 0 Å². The number of fused-ring (bicyclic) bond motifs is 9. The predicted molar refractivity (Wildman–Crippen MR) is 268 cm³/mol. The van der Waals surface area contributed by atoms with Gasteiger partial charge in [0.1, 0.15) is 0 Å². The Labute approximate surface area is 364 Å². The minimum absolute atomic E-state index is 1.12. The smallest absolute Gasteiger partial charge is 0.0547 e. The summed E-state index contributed by atoms with van der Waals surface area (Å²) in [4.78, 5) is 2.50. The van der Waals surface area contributed by atoms with Gasteiger partial charge >= 0.3 is 0 Å². The molecular formula is C60H39N3. The molecule has 0 bridgehead atoms. The van der Waals surface area contributed by atoms with Gasteiger partial charge in [-0.15, -0.1) is 0 Å². The number of nitrogens with zero attached hydrogens (tertiary/aromatic N) is 3. The number of anilines is 3. The lowest BCUT2D eigenvalue weighted by molar-refractivity contribution is 1.18. The van der Waals surface area contributed by atoms with Crippen molar-refractivity contribution in [2.75, 3.05) is 4.90 Å². The van der Waals surface area contributed by atoms with E-state index in [4.69, 9.17) is 0 Å². The molecular weight excluding hydrogens is 763 g/mol. The van der Waals surface area contributed by atoms with Crippen LogP contribution in [0.3, 0.4) is 0 Å². The lowest BCUT2D eigenvalue weighted by atomic mass is 9.95. The molecule has 63 heavy (non-hydrogen) atoms. The molecule has 0 aliphatic rings. The van der Waals surface area contributed by atoms with Crippen molar-refractivity contribution in [1.29, 1.82) is 0 Å². The third-order valence-electron chi connectivity index (χ3n) is 13.1. The average molecular weight is 802 g/mol. The highest BCUT2D eigenvalue weighted by Gasteiger charge is 2.23. The monoisotopic (exact) mass is 801 g/mol. The van der Waals surface area contributed by atoms with Crippen LogP contribution in [0.5, 0.6) is 0 Å². The topological polar surface area (TPSA) is 13.1 Å². The Balaban J connectivity index is 1.06. The van der Waals surface area contributed by atoms with E-state index in [1.54, 1.807) is 0 Å². The van der Waals surface area contributed by atoms with Crippen molar-refractivity contribution in [2.24, 2.45) is 0 Å². The van der Waals surface area contributed by atoms with E-state index in [-0.39, 0.29) is 0 Å². The molecule has 13 rings (SSSR count). The molecule has 0 spiro atoms. The first-order chi connectivity index (χ1) is 31.3. The maximum Gasteiger partial charge on any atom is 0.0547 e. The van der Waals surface area contributed by atoms with E-state index >= 15 is 0 Å². The second kappa shape index (κ2) is 14.1. The van der Waals surface area contributed by atoms with Gasteiger partial charge in [0, 0.05) is 48.8 Å². The van der Waals surface area contributed by atoms with Crippen molar-refractivity contribution in [2.45, 2.75) is 0 Å². The Morgan fingerprint density at radius 1 is 0.270 bits per heavy atom. The zero-order valence-corrected chi connectivity index (χ0v) is 34.4. The van der Waals surface area contributed by atoms with Crippen LogP contribution in [0.15, 0.2) is 237 Å². The van der Waals surface area contributed by atoms with Gasteiger partial charge in [-0.3, -0.25) is 0 Å². The summed E-state index contributed by atoms with van der Waals surface area (Å²) >= 11 is 0. The van der Waals surface area contributed by atoms with Crippen LogP contribution in [0, 0.1) is 0 Å². The van der Waals surface area contributed by atoms with Crippen LogP contribution in [-0.2, 0) is 0 Å². The van der Waals surface area contributed by atoms with Gasteiger partial charge in [-0.2, -0.15) is 0 Å². The Morgan fingerprint density at radius 3 is 1.43 bits per heavy atom. The van der Waals surface area contributed by atoms with E-state index in [1.807, 2.05) is 0 Å². The zero-order valence-electron chi connectivity index (χ0n) is 34.4. The molecule has 0 unspecified atom stereocenters. The Hall–Kier alpha value is -8.40. The molecule has 0 fully saturated rings. The third kappa shape index (κ3) is 5.40. The van der Waals surface area contributed by atoms with Crippen molar-refractivity contribution in [3.8, 4) is 22.5 Å². The maximum atomic E-state index is 2.50. The van der Waals surface area contributed by atoms with Gasteiger partial charge in [0.2, 0.25) is 0 Å². The van der Waals surface area contributed by atoms with Gasteiger partial charge in [0.25, 0.3) is 0 Å². The second-order valence-corrected chi connectivity index (χ2v) is 16.5. The second-order valence-electron chi connectivity index (χ2n) is 16.5. The molecule has 0 aliphatic carbocycles.